The molecule has 0 radical (unpaired) electrons. The van der Waals surface area contributed by atoms with Gasteiger partial charge in [-0.25, -0.2) is 0 Å². The van der Waals surface area contributed by atoms with E-state index in [9.17, 15) is 4.79 Å². The van der Waals surface area contributed by atoms with Crippen molar-refractivity contribution >= 4 is 27.1 Å². The van der Waals surface area contributed by atoms with Gasteiger partial charge < -0.3 is 0 Å². The zero-order valence-electron chi connectivity index (χ0n) is 8.50. The van der Waals surface area contributed by atoms with Gasteiger partial charge in [0.25, 0.3) is 0 Å². The highest BCUT2D eigenvalue weighted by Crippen LogP contribution is 2.23. The van der Waals surface area contributed by atoms with Gasteiger partial charge in [-0.05, 0) is 31.0 Å². The Morgan fingerprint density at radius 3 is 2.73 bits per heavy atom. The number of rotatable bonds is 1. The van der Waals surface area contributed by atoms with Gasteiger partial charge in [0, 0.05) is 15.5 Å². The summed E-state index contributed by atoms with van der Waals surface area (Å²) in [7, 11) is 0. The highest BCUT2D eigenvalue weighted by molar-refractivity contribution is 7.16. The second-order valence-corrected chi connectivity index (χ2v) is 4.46. The van der Waals surface area contributed by atoms with Crippen molar-refractivity contribution in [3.05, 3.63) is 38.9 Å². The second kappa shape index (κ2) is 3.64. The van der Waals surface area contributed by atoms with Crippen LogP contribution in [0.2, 0.25) is 0 Å². The van der Waals surface area contributed by atoms with Gasteiger partial charge >= 0.3 is 0 Å². The van der Waals surface area contributed by atoms with Crippen molar-refractivity contribution in [1.29, 1.82) is 0 Å². The van der Waals surface area contributed by atoms with Crippen LogP contribution in [-0.4, -0.2) is 5.21 Å². The smallest absolute Gasteiger partial charge is 0.213 e. The third-order valence-corrected chi connectivity index (χ3v) is 3.27. The van der Waals surface area contributed by atoms with E-state index in [0.717, 1.165) is 15.8 Å². The molecule has 2 rings (SSSR count). The fourth-order valence-corrected chi connectivity index (χ4v) is 2.73. The molecule has 0 saturated carbocycles. The predicted molar refractivity (Wildman–Crippen MR) is 63.0 cm³/mol. The van der Waals surface area contributed by atoms with Crippen LogP contribution in [0.1, 0.15) is 11.1 Å². The molecule has 0 saturated heterocycles. The van der Waals surface area contributed by atoms with Gasteiger partial charge in [0.05, 0.1) is 0 Å². The number of hydrogen-bond acceptors (Lipinski definition) is 4. The summed E-state index contributed by atoms with van der Waals surface area (Å²) in [6, 6.07) is 3.95. The Labute approximate surface area is 91.0 Å². The highest BCUT2D eigenvalue weighted by atomic mass is 32.1. The molecule has 0 spiro atoms. The van der Waals surface area contributed by atoms with E-state index < -0.39 is 0 Å². The molecule has 15 heavy (non-hydrogen) atoms. The van der Waals surface area contributed by atoms with Crippen LogP contribution < -0.4 is 10.9 Å². The number of aryl methyl sites for hydroxylation is 2. The lowest BCUT2D eigenvalue weighted by Gasteiger charge is -2.04. The Hall–Kier alpha value is -1.39. The first-order chi connectivity index (χ1) is 7.13. The maximum Gasteiger partial charge on any atom is 0.213 e. The van der Waals surface area contributed by atoms with E-state index in [1.807, 2.05) is 31.5 Å². The van der Waals surface area contributed by atoms with E-state index in [0.29, 0.717) is 5.39 Å². The average Bonchev–Trinajstić information content (AvgIpc) is 2.17. The lowest BCUT2D eigenvalue weighted by atomic mass is 10.1. The Morgan fingerprint density at radius 1 is 1.33 bits per heavy atom. The largest absolute Gasteiger partial charge is 0.291 e. The first kappa shape index (κ1) is 10.1. The van der Waals surface area contributed by atoms with Crippen molar-refractivity contribution in [2.45, 2.75) is 13.8 Å². The number of anilines is 1. The standard InChI is InChI=1S/C11H11NO2S/c1-6-3-7(2)10-9(4-6)15-5-8(12-14)11(10)13/h3-5,12,14H,1-2H3. The normalized spacial score (nSPS) is 10.6. The number of benzene rings is 1. The summed E-state index contributed by atoms with van der Waals surface area (Å²) in [5.74, 6) is 0. The molecule has 0 fully saturated rings. The highest BCUT2D eigenvalue weighted by Gasteiger charge is 2.07. The van der Waals surface area contributed by atoms with Crippen molar-refractivity contribution in [3.8, 4) is 0 Å². The molecule has 2 aromatic rings. The Morgan fingerprint density at radius 2 is 2.07 bits per heavy atom. The lowest BCUT2D eigenvalue weighted by Crippen LogP contribution is -2.08. The van der Waals surface area contributed by atoms with Crippen molar-refractivity contribution in [3.63, 3.8) is 0 Å². The molecule has 78 valence electrons. The third-order valence-electron chi connectivity index (χ3n) is 2.34. The van der Waals surface area contributed by atoms with E-state index in [1.54, 1.807) is 5.38 Å². The van der Waals surface area contributed by atoms with Crippen LogP contribution in [0.5, 0.6) is 0 Å². The number of nitrogens with one attached hydrogen (secondary N) is 1. The Bertz CT molecular complexity index is 575. The minimum Gasteiger partial charge on any atom is -0.291 e. The van der Waals surface area contributed by atoms with E-state index in [4.69, 9.17) is 5.21 Å². The molecule has 0 aliphatic rings. The summed E-state index contributed by atoms with van der Waals surface area (Å²) >= 11 is 1.45. The zero-order chi connectivity index (χ0) is 11.0. The Balaban J connectivity index is 2.93. The quantitative estimate of drug-likeness (QED) is 0.728. The molecule has 1 aromatic carbocycles. The summed E-state index contributed by atoms with van der Waals surface area (Å²) in [4.78, 5) is 11.9. The topological polar surface area (TPSA) is 49.3 Å². The van der Waals surface area contributed by atoms with Gasteiger partial charge in [0.1, 0.15) is 5.69 Å². The van der Waals surface area contributed by atoms with Crippen LogP contribution in [-0.2, 0) is 0 Å². The molecular weight excluding hydrogens is 210 g/mol. The predicted octanol–water partition coefficient (Wildman–Crippen LogP) is 2.68. The summed E-state index contributed by atoms with van der Waals surface area (Å²) in [6.07, 6.45) is 0. The molecule has 2 N–H and O–H groups in total. The van der Waals surface area contributed by atoms with E-state index in [1.165, 1.54) is 11.3 Å². The van der Waals surface area contributed by atoms with Crippen molar-refractivity contribution in [2.75, 3.05) is 5.48 Å². The minimum absolute atomic E-state index is 0.149. The average molecular weight is 221 g/mol. The maximum absolute atomic E-state index is 11.9. The molecule has 3 nitrogen and oxygen atoms in total. The van der Waals surface area contributed by atoms with Crippen LogP contribution in [0.4, 0.5) is 5.69 Å². The van der Waals surface area contributed by atoms with Gasteiger partial charge in [0.15, 0.2) is 0 Å². The summed E-state index contributed by atoms with van der Waals surface area (Å²) < 4.78 is 0.955. The first-order valence-electron chi connectivity index (χ1n) is 4.56. The maximum atomic E-state index is 11.9. The summed E-state index contributed by atoms with van der Waals surface area (Å²) in [5.41, 5.74) is 4.10. The van der Waals surface area contributed by atoms with Crippen LogP contribution in [0.15, 0.2) is 22.3 Å². The van der Waals surface area contributed by atoms with Gasteiger partial charge in [-0.15, -0.1) is 11.3 Å². The molecule has 1 heterocycles. The van der Waals surface area contributed by atoms with Gasteiger partial charge in [-0.2, -0.15) is 0 Å². The molecule has 0 amide bonds. The van der Waals surface area contributed by atoms with E-state index in [-0.39, 0.29) is 11.1 Å². The van der Waals surface area contributed by atoms with Gasteiger partial charge in [-0.3, -0.25) is 15.5 Å². The molecule has 0 unspecified atom stereocenters. The number of hydrogen-bond donors (Lipinski definition) is 2. The van der Waals surface area contributed by atoms with Gasteiger partial charge in [0.2, 0.25) is 5.43 Å². The first-order valence-corrected chi connectivity index (χ1v) is 5.44. The zero-order valence-corrected chi connectivity index (χ0v) is 9.31. The fraction of sp³-hybridized carbons (Fsp3) is 0.182. The monoisotopic (exact) mass is 221 g/mol. The fourth-order valence-electron chi connectivity index (χ4n) is 1.70. The summed E-state index contributed by atoms with van der Waals surface area (Å²) in [6.45, 7) is 3.91. The van der Waals surface area contributed by atoms with Crippen molar-refractivity contribution in [2.24, 2.45) is 0 Å². The lowest BCUT2D eigenvalue weighted by molar-refractivity contribution is 0.388. The molecule has 0 aliphatic heterocycles. The van der Waals surface area contributed by atoms with Crippen LogP contribution in [0.3, 0.4) is 0 Å². The molecular formula is C11H11NO2S. The Kier molecular flexibility index (Phi) is 2.46. The van der Waals surface area contributed by atoms with Crippen LogP contribution in [0, 0.1) is 13.8 Å². The van der Waals surface area contributed by atoms with Crippen molar-refractivity contribution < 1.29 is 5.21 Å². The number of fused-ring (bicyclic) bond motifs is 1. The molecule has 4 heteroatoms. The minimum atomic E-state index is -0.149. The van der Waals surface area contributed by atoms with Crippen molar-refractivity contribution in [1.82, 2.24) is 0 Å². The van der Waals surface area contributed by atoms with Gasteiger partial charge in [-0.1, -0.05) is 6.07 Å². The van der Waals surface area contributed by atoms with Crippen LogP contribution in [0.25, 0.3) is 10.1 Å². The molecule has 0 bridgehead atoms. The second-order valence-electron chi connectivity index (χ2n) is 3.55. The van der Waals surface area contributed by atoms with Crippen LogP contribution >= 0.6 is 11.3 Å². The molecule has 0 aliphatic carbocycles. The molecule has 0 atom stereocenters. The summed E-state index contributed by atoms with van der Waals surface area (Å²) in [5, 5.41) is 11.1. The SMILES string of the molecule is Cc1cc(C)c2c(=O)c(NO)csc2c1. The van der Waals surface area contributed by atoms with E-state index in [2.05, 4.69) is 0 Å². The third kappa shape index (κ3) is 1.62. The molecule has 1 aromatic heterocycles. The van der Waals surface area contributed by atoms with E-state index >= 15 is 0 Å².